The summed E-state index contributed by atoms with van der Waals surface area (Å²) in [5.41, 5.74) is 0.839. The number of hydrogen-bond acceptors (Lipinski definition) is 3. The number of amides is 4. The molecule has 0 radical (unpaired) electrons. The maximum atomic E-state index is 12.8. The third-order valence-electron chi connectivity index (χ3n) is 4.40. The van der Waals surface area contributed by atoms with Gasteiger partial charge in [0.15, 0.2) is 0 Å². The zero-order valence-electron chi connectivity index (χ0n) is 14.4. The van der Waals surface area contributed by atoms with E-state index in [1.807, 2.05) is 13.0 Å². The van der Waals surface area contributed by atoms with Gasteiger partial charge in [-0.3, -0.25) is 14.5 Å². The zero-order valence-corrected chi connectivity index (χ0v) is 15.1. The van der Waals surface area contributed by atoms with Crippen molar-refractivity contribution in [1.82, 2.24) is 10.2 Å². The van der Waals surface area contributed by atoms with Gasteiger partial charge >= 0.3 is 6.03 Å². The van der Waals surface area contributed by atoms with Crippen molar-refractivity contribution >= 4 is 35.1 Å². The quantitative estimate of drug-likeness (QED) is 0.811. The van der Waals surface area contributed by atoms with Crippen LogP contribution in [0.4, 0.5) is 10.5 Å². The number of benzene rings is 2. The Hall–Kier alpha value is -2.86. The van der Waals surface area contributed by atoms with Gasteiger partial charge in [-0.15, -0.1) is 0 Å². The molecule has 7 heteroatoms. The zero-order chi connectivity index (χ0) is 18.9. The average Bonchev–Trinajstić information content (AvgIpc) is 2.83. The fraction of sp³-hybridized carbons (Fsp3) is 0.211. The number of urea groups is 1. The van der Waals surface area contributed by atoms with Crippen LogP contribution in [0.3, 0.4) is 0 Å². The lowest BCUT2D eigenvalue weighted by Gasteiger charge is -2.22. The molecule has 1 saturated heterocycles. The Morgan fingerprint density at radius 3 is 2.58 bits per heavy atom. The van der Waals surface area contributed by atoms with Gasteiger partial charge in [-0.1, -0.05) is 48.0 Å². The summed E-state index contributed by atoms with van der Waals surface area (Å²) in [4.78, 5) is 38.3. The van der Waals surface area contributed by atoms with E-state index in [4.69, 9.17) is 11.6 Å². The predicted molar refractivity (Wildman–Crippen MR) is 98.9 cm³/mol. The van der Waals surface area contributed by atoms with E-state index >= 15 is 0 Å². The lowest BCUT2D eigenvalue weighted by Crippen LogP contribution is -2.42. The summed E-state index contributed by atoms with van der Waals surface area (Å²) in [6.07, 6.45) is 0. The predicted octanol–water partition coefficient (Wildman–Crippen LogP) is 3.05. The van der Waals surface area contributed by atoms with E-state index < -0.39 is 23.4 Å². The first-order valence-corrected chi connectivity index (χ1v) is 8.45. The summed E-state index contributed by atoms with van der Waals surface area (Å²) in [6, 6.07) is 13.4. The topological polar surface area (TPSA) is 78.5 Å². The summed E-state index contributed by atoms with van der Waals surface area (Å²) in [7, 11) is 0. The van der Waals surface area contributed by atoms with Crippen LogP contribution in [-0.4, -0.2) is 29.3 Å². The highest BCUT2D eigenvalue weighted by Crippen LogP contribution is 2.28. The van der Waals surface area contributed by atoms with Crippen molar-refractivity contribution in [2.45, 2.75) is 19.4 Å². The van der Waals surface area contributed by atoms with E-state index in [0.29, 0.717) is 16.3 Å². The monoisotopic (exact) mass is 371 g/mol. The van der Waals surface area contributed by atoms with Crippen LogP contribution in [0, 0.1) is 6.92 Å². The number of imide groups is 1. The maximum absolute atomic E-state index is 12.8. The van der Waals surface area contributed by atoms with Crippen molar-refractivity contribution in [3.05, 3.63) is 64.7 Å². The first kappa shape index (κ1) is 17.9. The number of halogens is 1. The fourth-order valence-corrected chi connectivity index (χ4v) is 3.04. The number of aryl methyl sites for hydroxylation is 1. The molecule has 1 atom stereocenters. The molecule has 2 aromatic rings. The number of carbonyl (C=O) groups excluding carboxylic acids is 3. The summed E-state index contributed by atoms with van der Waals surface area (Å²) < 4.78 is 0. The highest BCUT2D eigenvalue weighted by Gasteiger charge is 2.49. The van der Waals surface area contributed by atoms with Gasteiger partial charge in [0, 0.05) is 10.7 Å². The number of nitrogens with zero attached hydrogens (tertiary/aromatic N) is 1. The molecule has 2 aromatic carbocycles. The maximum Gasteiger partial charge on any atom is 0.325 e. The van der Waals surface area contributed by atoms with E-state index in [1.165, 1.54) is 0 Å². The third kappa shape index (κ3) is 3.28. The molecular formula is C19H18ClN3O3. The second-order valence-electron chi connectivity index (χ2n) is 6.32. The van der Waals surface area contributed by atoms with Crippen molar-refractivity contribution in [2.24, 2.45) is 0 Å². The second kappa shape index (κ2) is 6.80. The van der Waals surface area contributed by atoms with Crippen molar-refractivity contribution < 1.29 is 14.4 Å². The number of anilines is 1. The minimum absolute atomic E-state index is 0.376. The van der Waals surface area contributed by atoms with E-state index in [9.17, 15) is 14.4 Å². The molecule has 3 rings (SSSR count). The molecule has 134 valence electrons. The normalized spacial score (nSPS) is 19.4. The van der Waals surface area contributed by atoms with Gasteiger partial charge in [0.2, 0.25) is 5.91 Å². The Morgan fingerprint density at radius 1 is 1.19 bits per heavy atom. The highest BCUT2D eigenvalue weighted by atomic mass is 35.5. The average molecular weight is 372 g/mol. The van der Waals surface area contributed by atoms with Crippen LogP contribution in [0.1, 0.15) is 18.1 Å². The summed E-state index contributed by atoms with van der Waals surface area (Å²) in [6.45, 7) is 3.08. The number of hydrogen-bond donors (Lipinski definition) is 2. The summed E-state index contributed by atoms with van der Waals surface area (Å²) in [5, 5.41) is 5.85. The molecule has 0 bridgehead atoms. The molecule has 0 unspecified atom stereocenters. The molecule has 1 fully saturated rings. The fourth-order valence-electron chi connectivity index (χ4n) is 2.87. The first-order valence-electron chi connectivity index (χ1n) is 8.07. The Labute approximate surface area is 156 Å². The van der Waals surface area contributed by atoms with Crippen molar-refractivity contribution in [3.63, 3.8) is 0 Å². The largest absolute Gasteiger partial charge is 0.325 e. The van der Waals surface area contributed by atoms with Gasteiger partial charge in [-0.2, -0.15) is 0 Å². The standard InChI is InChI=1S/C19H18ClN3O3/c1-12-8-9-14(20)10-15(12)21-16(24)11-23-17(25)19(2,22-18(23)26)13-6-4-3-5-7-13/h3-10H,11H2,1-2H3,(H,21,24)(H,22,26)/t19-/m0/s1. The molecular weight excluding hydrogens is 354 g/mol. The van der Waals surface area contributed by atoms with Crippen LogP contribution < -0.4 is 10.6 Å². The van der Waals surface area contributed by atoms with E-state index in [-0.39, 0.29) is 6.54 Å². The van der Waals surface area contributed by atoms with Gasteiger partial charge in [-0.05, 0) is 37.1 Å². The first-order chi connectivity index (χ1) is 12.3. The van der Waals surface area contributed by atoms with Gasteiger partial charge < -0.3 is 10.6 Å². The van der Waals surface area contributed by atoms with Crippen molar-refractivity contribution in [2.75, 3.05) is 11.9 Å². The van der Waals surface area contributed by atoms with Gasteiger partial charge in [0.1, 0.15) is 12.1 Å². The third-order valence-corrected chi connectivity index (χ3v) is 4.64. The van der Waals surface area contributed by atoms with Crippen LogP contribution in [0.15, 0.2) is 48.5 Å². The molecule has 1 aliphatic heterocycles. The van der Waals surface area contributed by atoms with Crippen LogP contribution in [0.5, 0.6) is 0 Å². The van der Waals surface area contributed by atoms with Crippen LogP contribution in [-0.2, 0) is 15.1 Å². The molecule has 0 aliphatic carbocycles. The molecule has 26 heavy (non-hydrogen) atoms. The molecule has 0 aromatic heterocycles. The van der Waals surface area contributed by atoms with Crippen LogP contribution in [0.2, 0.25) is 5.02 Å². The summed E-state index contributed by atoms with van der Waals surface area (Å²) in [5.74, 6) is -0.942. The smallest absolute Gasteiger partial charge is 0.324 e. The van der Waals surface area contributed by atoms with E-state index in [0.717, 1.165) is 10.5 Å². The number of nitrogens with one attached hydrogen (secondary N) is 2. The molecule has 4 amide bonds. The van der Waals surface area contributed by atoms with Gasteiger partial charge in [0.05, 0.1) is 0 Å². The molecule has 2 N–H and O–H groups in total. The minimum Gasteiger partial charge on any atom is -0.324 e. The van der Waals surface area contributed by atoms with Crippen LogP contribution in [0.25, 0.3) is 0 Å². The lowest BCUT2D eigenvalue weighted by atomic mass is 9.92. The second-order valence-corrected chi connectivity index (χ2v) is 6.76. The Balaban J connectivity index is 1.76. The van der Waals surface area contributed by atoms with E-state index in [2.05, 4.69) is 10.6 Å². The number of carbonyl (C=O) groups is 3. The van der Waals surface area contributed by atoms with Gasteiger partial charge in [-0.25, -0.2) is 4.79 Å². The van der Waals surface area contributed by atoms with Crippen molar-refractivity contribution in [3.8, 4) is 0 Å². The molecule has 0 saturated carbocycles. The Morgan fingerprint density at radius 2 is 1.88 bits per heavy atom. The molecule has 1 heterocycles. The lowest BCUT2D eigenvalue weighted by molar-refractivity contribution is -0.133. The minimum atomic E-state index is -1.19. The molecule has 0 spiro atoms. The Kier molecular flexibility index (Phi) is 4.70. The van der Waals surface area contributed by atoms with E-state index in [1.54, 1.807) is 49.4 Å². The molecule has 6 nitrogen and oxygen atoms in total. The highest BCUT2D eigenvalue weighted by molar-refractivity contribution is 6.31. The van der Waals surface area contributed by atoms with Gasteiger partial charge in [0.25, 0.3) is 5.91 Å². The number of rotatable bonds is 4. The molecule has 1 aliphatic rings. The Bertz CT molecular complexity index is 885. The summed E-state index contributed by atoms with van der Waals surface area (Å²) >= 11 is 5.94. The SMILES string of the molecule is Cc1ccc(Cl)cc1NC(=O)CN1C(=O)N[C@@](C)(c2ccccc2)C1=O. The van der Waals surface area contributed by atoms with Crippen molar-refractivity contribution in [1.29, 1.82) is 0 Å². The van der Waals surface area contributed by atoms with Crippen LogP contribution >= 0.6 is 11.6 Å².